The lowest BCUT2D eigenvalue weighted by atomic mass is 9.95. The lowest BCUT2D eigenvalue weighted by Crippen LogP contribution is -2.55. The van der Waals surface area contributed by atoms with Crippen LogP contribution in [0, 0.1) is 11.8 Å². The van der Waals surface area contributed by atoms with Gasteiger partial charge in [-0.3, -0.25) is 14.4 Å². The quantitative estimate of drug-likeness (QED) is 0.475. The summed E-state index contributed by atoms with van der Waals surface area (Å²) in [6.07, 6.45) is 0.780. The Balaban J connectivity index is 5.11. The lowest BCUT2D eigenvalue weighted by molar-refractivity contribution is -0.147. The Morgan fingerprint density at radius 3 is 1.88 bits per heavy atom. The van der Waals surface area contributed by atoms with Crippen LogP contribution in [0.15, 0.2) is 0 Å². The van der Waals surface area contributed by atoms with Crippen molar-refractivity contribution in [3.63, 3.8) is 0 Å². The largest absolute Gasteiger partial charge is 0.481 e. The molecule has 0 aromatic carbocycles. The van der Waals surface area contributed by atoms with Crippen LogP contribution in [0.5, 0.6) is 0 Å². The van der Waals surface area contributed by atoms with Crippen LogP contribution >= 0.6 is 0 Å². The second kappa shape index (κ2) is 11.4. The minimum absolute atomic E-state index is 0.128. The normalized spacial score (nSPS) is 15.4. The van der Waals surface area contributed by atoms with Crippen molar-refractivity contribution < 1.29 is 29.0 Å². The maximum absolute atomic E-state index is 12.6. The van der Waals surface area contributed by atoms with Crippen molar-refractivity contribution in [3.8, 4) is 0 Å². The van der Waals surface area contributed by atoms with Gasteiger partial charge < -0.3 is 20.5 Å². The molecule has 3 N–H and O–H groups in total. The van der Waals surface area contributed by atoms with E-state index in [1.54, 1.807) is 6.92 Å². The number of ether oxygens (including phenoxy) is 1. The van der Waals surface area contributed by atoms with Crippen molar-refractivity contribution in [3.05, 3.63) is 0 Å². The molecule has 0 saturated heterocycles. The summed E-state index contributed by atoms with van der Waals surface area (Å²) in [5.74, 6) is -2.92. The molecule has 8 heteroatoms. The highest BCUT2D eigenvalue weighted by Gasteiger charge is 2.32. The number of esters is 1. The molecule has 144 valence electrons. The highest BCUT2D eigenvalue weighted by atomic mass is 16.5. The van der Waals surface area contributed by atoms with Gasteiger partial charge in [-0.15, -0.1) is 0 Å². The first-order valence-electron chi connectivity index (χ1n) is 8.57. The number of carbonyl (C=O) groups is 4. The fraction of sp³-hybridized carbons (Fsp3) is 0.765. The fourth-order valence-electron chi connectivity index (χ4n) is 2.21. The maximum atomic E-state index is 12.6. The van der Waals surface area contributed by atoms with E-state index in [4.69, 9.17) is 9.84 Å². The van der Waals surface area contributed by atoms with E-state index in [2.05, 4.69) is 10.6 Å². The molecule has 0 aromatic rings. The van der Waals surface area contributed by atoms with Gasteiger partial charge in [0.15, 0.2) is 0 Å². The van der Waals surface area contributed by atoms with Gasteiger partial charge in [-0.1, -0.05) is 40.5 Å². The zero-order valence-electron chi connectivity index (χ0n) is 15.6. The number of carbonyl (C=O) groups excluding carboxylic acids is 3. The van der Waals surface area contributed by atoms with Gasteiger partial charge in [-0.05, 0) is 11.8 Å². The summed E-state index contributed by atoms with van der Waals surface area (Å²) in [7, 11) is 1.25. The second-order valence-corrected chi connectivity index (χ2v) is 6.22. The van der Waals surface area contributed by atoms with Gasteiger partial charge in [0.1, 0.15) is 12.1 Å². The second-order valence-electron chi connectivity index (χ2n) is 6.22. The van der Waals surface area contributed by atoms with E-state index >= 15 is 0 Å². The average Bonchev–Trinajstić information content (AvgIpc) is 2.59. The van der Waals surface area contributed by atoms with Gasteiger partial charge in [0.25, 0.3) is 0 Å². The molecule has 0 rings (SSSR count). The number of aliphatic carboxylic acids is 1. The van der Waals surface area contributed by atoms with Crippen molar-refractivity contribution in [1.29, 1.82) is 0 Å². The first-order valence-corrected chi connectivity index (χ1v) is 8.57. The Bertz CT molecular complexity index is 480. The molecule has 2 amide bonds. The molecule has 4 atom stereocenters. The number of carboxylic acids is 1. The van der Waals surface area contributed by atoms with Crippen LogP contribution < -0.4 is 10.6 Å². The summed E-state index contributed by atoms with van der Waals surface area (Å²) in [4.78, 5) is 47.0. The Labute approximate surface area is 148 Å². The number of hydrogen-bond acceptors (Lipinski definition) is 5. The summed E-state index contributed by atoms with van der Waals surface area (Å²) in [5, 5.41) is 13.9. The zero-order chi connectivity index (χ0) is 19.6. The number of nitrogens with one attached hydrogen (secondary N) is 2. The summed E-state index contributed by atoms with van der Waals surface area (Å²) in [6, 6.07) is -1.65. The molecule has 0 saturated carbocycles. The van der Waals surface area contributed by atoms with Crippen molar-refractivity contribution in [1.82, 2.24) is 10.6 Å². The van der Waals surface area contributed by atoms with E-state index in [0.29, 0.717) is 12.8 Å². The summed E-state index contributed by atoms with van der Waals surface area (Å²) >= 11 is 0. The Morgan fingerprint density at radius 2 is 1.44 bits per heavy atom. The van der Waals surface area contributed by atoms with Gasteiger partial charge in [0, 0.05) is 6.42 Å². The predicted octanol–water partition coefficient (Wildman–Crippen LogP) is 1.09. The minimum atomic E-state index is -1.08. The first-order chi connectivity index (χ1) is 11.7. The number of rotatable bonds is 11. The monoisotopic (exact) mass is 358 g/mol. The number of hydrogen-bond donors (Lipinski definition) is 3. The van der Waals surface area contributed by atoms with E-state index in [0.717, 1.165) is 0 Å². The first kappa shape index (κ1) is 22.9. The molecule has 8 nitrogen and oxygen atoms in total. The molecular weight excluding hydrogens is 328 g/mol. The van der Waals surface area contributed by atoms with Gasteiger partial charge in [0.05, 0.1) is 13.5 Å². The molecule has 0 heterocycles. The van der Waals surface area contributed by atoms with Crippen LogP contribution in [0.1, 0.15) is 53.4 Å². The van der Waals surface area contributed by atoms with Crippen LogP contribution in [0.2, 0.25) is 0 Å². The third kappa shape index (κ3) is 8.00. The topological polar surface area (TPSA) is 122 Å². The third-order valence-corrected chi connectivity index (χ3v) is 4.34. The molecule has 0 fully saturated rings. The average molecular weight is 358 g/mol. The van der Waals surface area contributed by atoms with Crippen molar-refractivity contribution in [2.75, 3.05) is 7.11 Å². The van der Waals surface area contributed by atoms with Gasteiger partial charge >= 0.3 is 11.9 Å². The number of amides is 2. The summed E-state index contributed by atoms with van der Waals surface area (Å²) in [6.45, 7) is 7.40. The Kier molecular flexibility index (Phi) is 10.5. The molecule has 0 bridgehead atoms. The maximum Gasteiger partial charge on any atom is 0.328 e. The number of carboxylic acid groups (broad SMARTS) is 1. The summed E-state index contributed by atoms with van der Waals surface area (Å²) in [5.41, 5.74) is 0. The molecule has 0 aliphatic carbocycles. The zero-order valence-corrected chi connectivity index (χ0v) is 15.6. The lowest BCUT2D eigenvalue weighted by Gasteiger charge is -2.28. The van der Waals surface area contributed by atoms with Crippen molar-refractivity contribution >= 4 is 23.8 Å². The molecule has 0 radical (unpaired) electrons. The van der Waals surface area contributed by atoms with E-state index in [9.17, 15) is 19.2 Å². The van der Waals surface area contributed by atoms with E-state index in [-0.39, 0.29) is 24.7 Å². The van der Waals surface area contributed by atoms with Crippen LogP contribution in [0.3, 0.4) is 0 Å². The molecule has 0 aliphatic rings. The number of methoxy groups -OCH3 is 1. The molecule has 25 heavy (non-hydrogen) atoms. The molecular formula is C17H30N2O6. The van der Waals surface area contributed by atoms with Crippen molar-refractivity contribution in [2.24, 2.45) is 11.8 Å². The van der Waals surface area contributed by atoms with Gasteiger partial charge in [-0.2, -0.15) is 0 Å². The standard InChI is InChI=1S/C17H30N2O6/c1-6-10(3)14(18-12(20)8-9-13(21)22)16(23)19-15(11(4)7-2)17(24)25-5/h10-11,14-15H,6-9H2,1-5H3,(H,18,20)(H,19,23)(H,21,22)/t10-,11-,14-,15-/m0/s1. The van der Waals surface area contributed by atoms with Crippen molar-refractivity contribution in [2.45, 2.75) is 65.5 Å². The Morgan fingerprint density at radius 1 is 0.920 bits per heavy atom. The SMILES string of the molecule is CC[C@H](C)[C@H](NC(=O)CCC(=O)O)C(=O)N[C@H](C(=O)OC)[C@@H](C)CC. The van der Waals surface area contributed by atoms with Gasteiger partial charge in [0.2, 0.25) is 11.8 Å². The van der Waals surface area contributed by atoms with E-state index in [1.165, 1.54) is 7.11 Å². The molecule has 0 unspecified atom stereocenters. The van der Waals surface area contributed by atoms with Crippen LogP contribution in [-0.2, 0) is 23.9 Å². The molecule has 0 spiro atoms. The molecule has 0 aromatic heterocycles. The minimum Gasteiger partial charge on any atom is -0.481 e. The summed E-state index contributed by atoms with van der Waals surface area (Å²) < 4.78 is 4.74. The fourth-order valence-corrected chi connectivity index (χ4v) is 2.21. The van der Waals surface area contributed by atoms with Crippen LogP contribution in [0.25, 0.3) is 0 Å². The molecule has 0 aliphatic heterocycles. The highest BCUT2D eigenvalue weighted by molar-refractivity contribution is 5.91. The van der Waals surface area contributed by atoms with E-state index in [1.807, 2.05) is 20.8 Å². The smallest absolute Gasteiger partial charge is 0.328 e. The predicted molar refractivity (Wildman–Crippen MR) is 91.7 cm³/mol. The highest BCUT2D eigenvalue weighted by Crippen LogP contribution is 2.13. The Hall–Kier alpha value is -2.12. The van der Waals surface area contributed by atoms with E-state index < -0.39 is 35.8 Å². The third-order valence-electron chi connectivity index (χ3n) is 4.34. The van der Waals surface area contributed by atoms with Crippen LogP contribution in [0.4, 0.5) is 0 Å². The van der Waals surface area contributed by atoms with Crippen LogP contribution in [-0.4, -0.2) is 48.1 Å². The van der Waals surface area contributed by atoms with Gasteiger partial charge in [-0.25, -0.2) is 4.79 Å².